The Balaban J connectivity index is 1.42. The zero-order valence-corrected chi connectivity index (χ0v) is 24.8. The number of hydrogen-bond acceptors (Lipinski definition) is 1. The Hall–Kier alpha value is -4.82. The van der Waals surface area contributed by atoms with Crippen LogP contribution in [-0.2, 0) is 10.8 Å². The van der Waals surface area contributed by atoms with Gasteiger partial charge in [-0.25, -0.2) is 0 Å². The minimum absolute atomic E-state index is 0.0226. The van der Waals surface area contributed by atoms with Gasteiger partial charge in [-0.2, -0.15) is 0 Å². The summed E-state index contributed by atoms with van der Waals surface area (Å²) >= 11 is 0. The first-order valence-electron chi connectivity index (χ1n) is 15.4. The van der Waals surface area contributed by atoms with Gasteiger partial charge >= 0.3 is 6.85 Å². The Kier molecular flexibility index (Phi) is 4.96. The zero-order valence-electron chi connectivity index (χ0n) is 24.8. The van der Waals surface area contributed by atoms with Crippen LogP contribution in [-0.4, -0.2) is 6.85 Å². The van der Waals surface area contributed by atoms with Crippen LogP contribution in [0.4, 0.5) is 11.4 Å². The molecule has 2 aliphatic heterocycles. The normalized spacial score (nSPS) is 18.3. The number of fused-ring (bicyclic) bond motifs is 7. The average molecular weight is 550 g/mol. The molecule has 1 atom stereocenters. The lowest BCUT2D eigenvalue weighted by Crippen LogP contribution is -2.63. The maximum Gasteiger partial charge on any atom is 0.328 e. The lowest BCUT2D eigenvalue weighted by molar-refractivity contribution is 0.634. The molecule has 9 rings (SSSR count). The van der Waals surface area contributed by atoms with E-state index in [0.717, 1.165) is 0 Å². The van der Waals surface area contributed by atoms with Crippen molar-refractivity contribution in [2.45, 2.75) is 31.6 Å². The lowest BCUT2D eigenvalue weighted by atomic mass is 9.40. The average Bonchev–Trinajstić information content (AvgIpc) is 3.33. The fourth-order valence-electron chi connectivity index (χ4n) is 8.69. The van der Waals surface area contributed by atoms with Crippen molar-refractivity contribution in [3.63, 3.8) is 0 Å². The molecule has 0 amide bonds. The molecule has 43 heavy (non-hydrogen) atoms. The molecule has 1 aliphatic carbocycles. The predicted octanol–water partition coefficient (Wildman–Crippen LogP) is 8.59. The summed E-state index contributed by atoms with van der Waals surface area (Å²) < 4.78 is 0. The third-order valence-electron chi connectivity index (χ3n) is 10.6. The van der Waals surface area contributed by atoms with E-state index in [0.29, 0.717) is 0 Å². The molecule has 0 N–H and O–H groups in total. The molecular weight excluding hydrogens is 517 g/mol. The van der Waals surface area contributed by atoms with Gasteiger partial charge in [-0.15, -0.1) is 0 Å². The lowest BCUT2D eigenvalue weighted by Gasteiger charge is -2.49. The minimum Gasteiger partial charge on any atom is -0.376 e. The number of hydrogen-bond donors (Lipinski definition) is 0. The molecule has 6 aromatic carbocycles. The molecule has 1 nitrogen and oxygen atoms in total. The van der Waals surface area contributed by atoms with Gasteiger partial charge in [0, 0.05) is 27.8 Å². The van der Waals surface area contributed by atoms with E-state index < -0.39 is 0 Å². The first kappa shape index (κ1) is 24.8. The van der Waals surface area contributed by atoms with Crippen LogP contribution >= 0.6 is 0 Å². The Bertz CT molecular complexity index is 2090. The van der Waals surface area contributed by atoms with Crippen LogP contribution < -0.4 is 15.7 Å². The van der Waals surface area contributed by atoms with E-state index >= 15 is 0 Å². The fourth-order valence-corrected chi connectivity index (χ4v) is 8.69. The molecule has 0 aromatic heterocycles. The highest BCUT2D eigenvalue weighted by Crippen LogP contribution is 2.56. The second kappa shape index (κ2) is 8.61. The summed E-state index contributed by atoms with van der Waals surface area (Å²) in [5, 5.41) is 0. The van der Waals surface area contributed by atoms with E-state index in [1.165, 1.54) is 72.4 Å². The maximum absolute atomic E-state index is 2.69. The fraction of sp³-hybridized carbons (Fsp3) is 0.122. The first-order valence-corrected chi connectivity index (χ1v) is 15.4. The molecule has 2 heteroatoms. The summed E-state index contributed by atoms with van der Waals surface area (Å²) in [5.74, 6) is 0. The third kappa shape index (κ3) is 3.08. The van der Waals surface area contributed by atoms with Crippen LogP contribution in [0.3, 0.4) is 0 Å². The summed E-state index contributed by atoms with van der Waals surface area (Å²) in [6.45, 7) is 7.25. The van der Waals surface area contributed by atoms with Gasteiger partial charge in [0.1, 0.15) is 0 Å². The third-order valence-corrected chi connectivity index (χ3v) is 10.6. The molecule has 0 unspecified atom stereocenters. The first-order chi connectivity index (χ1) is 21.0. The van der Waals surface area contributed by atoms with Crippen LogP contribution in [0.2, 0.25) is 0 Å². The molecule has 3 aliphatic rings. The Morgan fingerprint density at radius 1 is 0.465 bits per heavy atom. The van der Waals surface area contributed by atoms with E-state index in [2.05, 4.69) is 165 Å². The van der Waals surface area contributed by atoms with Crippen LogP contribution in [0.5, 0.6) is 0 Å². The van der Waals surface area contributed by atoms with Crippen LogP contribution in [0.15, 0.2) is 140 Å². The SMILES string of the molecule is CC1(C)c2ccccc2N(B2c3ccccc3[C@@]3(C)c4ccccc4-c4cccc2c43)c2c(-c3ccccc3)cccc21. The summed E-state index contributed by atoms with van der Waals surface area (Å²) in [5.41, 5.74) is 17.3. The standard InChI is InChI=1S/C41H32BN/c1-40(2)33-22-10-12-26-37(33)43(39-28(18-13-23-34(39)40)27-15-5-4-6-16-27)42-35-24-11-9-21-32(35)41(3)31-20-8-7-17-29(31)30-19-14-25-36(42)38(30)41/h4-26H,1-3H3/t41-/m1/s1. The monoisotopic (exact) mass is 549 g/mol. The second-order valence-corrected chi connectivity index (χ2v) is 13.0. The van der Waals surface area contributed by atoms with Gasteiger partial charge in [-0.3, -0.25) is 0 Å². The Labute approximate surface area is 254 Å². The van der Waals surface area contributed by atoms with E-state index in [9.17, 15) is 0 Å². The molecule has 204 valence electrons. The van der Waals surface area contributed by atoms with Crippen molar-refractivity contribution in [2.75, 3.05) is 4.81 Å². The van der Waals surface area contributed by atoms with Gasteiger partial charge < -0.3 is 4.81 Å². The topological polar surface area (TPSA) is 3.24 Å². The van der Waals surface area contributed by atoms with E-state index in [4.69, 9.17) is 0 Å². The number of para-hydroxylation sites is 2. The van der Waals surface area contributed by atoms with Crippen molar-refractivity contribution in [1.29, 1.82) is 0 Å². The molecule has 0 bridgehead atoms. The van der Waals surface area contributed by atoms with E-state index in [-0.39, 0.29) is 17.7 Å². The minimum atomic E-state index is -0.202. The summed E-state index contributed by atoms with van der Waals surface area (Å²) in [6.07, 6.45) is 0. The molecule has 0 fully saturated rings. The molecule has 0 saturated heterocycles. The van der Waals surface area contributed by atoms with E-state index in [1.54, 1.807) is 0 Å². The number of anilines is 2. The van der Waals surface area contributed by atoms with Crippen molar-refractivity contribution in [3.05, 3.63) is 167 Å². The summed E-state index contributed by atoms with van der Waals surface area (Å²) in [4.78, 5) is 2.69. The highest BCUT2D eigenvalue weighted by atomic mass is 15.1. The smallest absolute Gasteiger partial charge is 0.328 e. The summed E-state index contributed by atoms with van der Waals surface area (Å²) in [6, 6.07) is 52.2. The van der Waals surface area contributed by atoms with Crippen LogP contribution in [0.25, 0.3) is 22.3 Å². The van der Waals surface area contributed by atoms with Gasteiger partial charge in [0.05, 0.1) is 0 Å². The van der Waals surface area contributed by atoms with Crippen molar-refractivity contribution in [3.8, 4) is 22.3 Å². The van der Waals surface area contributed by atoms with Gasteiger partial charge in [-0.05, 0) is 68.4 Å². The Morgan fingerprint density at radius 2 is 1.05 bits per heavy atom. The van der Waals surface area contributed by atoms with E-state index in [1.807, 2.05) is 0 Å². The number of nitrogens with zero attached hydrogens (tertiary/aromatic N) is 1. The molecule has 2 heterocycles. The van der Waals surface area contributed by atoms with Crippen LogP contribution in [0.1, 0.15) is 48.6 Å². The van der Waals surface area contributed by atoms with Crippen LogP contribution in [0, 0.1) is 0 Å². The predicted molar refractivity (Wildman–Crippen MR) is 181 cm³/mol. The van der Waals surface area contributed by atoms with Crippen molar-refractivity contribution >= 4 is 29.1 Å². The van der Waals surface area contributed by atoms with Gasteiger partial charge in [0.25, 0.3) is 0 Å². The second-order valence-electron chi connectivity index (χ2n) is 13.0. The zero-order chi connectivity index (χ0) is 28.9. The molecule has 0 radical (unpaired) electrons. The highest BCUT2D eigenvalue weighted by Gasteiger charge is 2.52. The van der Waals surface area contributed by atoms with Crippen molar-refractivity contribution in [1.82, 2.24) is 0 Å². The quantitative estimate of drug-likeness (QED) is 0.196. The molecule has 6 aromatic rings. The van der Waals surface area contributed by atoms with Gasteiger partial charge in [0.2, 0.25) is 0 Å². The largest absolute Gasteiger partial charge is 0.376 e. The summed E-state index contributed by atoms with van der Waals surface area (Å²) in [7, 11) is 0. The Morgan fingerprint density at radius 3 is 1.88 bits per heavy atom. The van der Waals surface area contributed by atoms with Crippen molar-refractivity contribution < 1.29 is 0 Å². The highest BCUT2D eigenvalue weighted by molar-refractivity contribution is 6.90. The number of benzene rings is 6. The molecule has 0 spiro atoms. The maximum atomic E-state index is 2.69. The van der Waals surface area contributed by atoms with Gasteiger partial charge in [-0.1, -0.05) is 147 Å². The van der Waals surface area contributed by atoms with Gasteiger partial charge in [0.15, 0.2) is 0 Å². The van der Waals surface area contributed by atoms with Crippen molar-refractivity contribution in [2.24, 2.45) is 0 Å². The molecular formula is C41H32BN. The molecule has 0 saturated carbocycles. The number of rotatable bonds is 2.